The Balaban J connectivity index is 1.79. The molecule has 0 aliphatic rings. The van der Waals surface area contributed by atoms with Crippen LogP contribution in [0.25, 0.3) is 10.2 Å². The zero-order valence-electron chi connectivity index (χ0n) is 16.8. The summed E-state index contributed by atoms with van der Waals surface area (Å²) >= 11 is 1.45. The molecule has 6 heteroatoms. The van der Waals surface area contributed by atoms with Gasteiger partial charge in [-0.3, -0.25) is 9.59 Å². The standard InChI is InChI=1S/C22H25N3O2S/c1-12(2)18(23-20(26)16-9-7-6-8-14(16)4)21(27)25-22-24-19-15(5)10-13(3)11-17(19)28-22/h6-12,18H,1-5H3,(H,23,26)(H,24,25,27). The fraction of sp³-hybridized carbons (Fsp3) is 0.318. The van der Waals surface area contributed by atoms with Crippen LogP contribution in [0.2, 0.25) is 0 Å². The first-order valence-electron chi connectivity index (χ1n) is 9.31. The molecule has 1 atom stereocenters. The Morgan fingerprint density at radius 2 is 1.75 bits per heavy atom. The van der Waals surface area contributed by atoms with Crippen LogP contribution < -0.4 is 10.6 Å². The van der Waals surface area contributed by atoms with E-state index in [2.05, 4.69) is 27.8 Å². The monoisotopic (exact) mass is 395 g/mol. The van der Waals surface area contributed by atoms with Crippen molar-refractivity contribution < 1.29 is 9.59 Å². The Morgan fingerprint density at radius 1 is 1.04 bits per heavy atom. The summed E-state index contributed by atoms with van der Waals surface area (Å²) in [5.74, 6) is -0.570. The van der Waals surface area contributed by atoms with Gasteiger partial charge in [0.25, 0.3) is 5.91 Å². The maximum absolute atomic E-state index is 12.9. The molecular formula is C22H25N3O2S. The number of hydrogen-bond donors (Lipinski definition) is 2. The zero-order valence-corrected chi connectivity index (χ0v) is 17.6. The van der Waals surface area contributed by atoms with Gasteiger partial charge in [-0.25, -0.2) is 4.98 Å². The molecule has 2 aromatic carbocycles. The lowest BCUT2D eigenvalue weighted by molar-refractivity contribution is -0.118. The summed E-state index contributed by atoms with van der Waals surface area (Å²) in [4.78, 5) is 30.1. The molecule has 0 aliphatic heterocycles. The van der Waals surface area contributed by atoms with Gasteiger partial charge in [-0.1, -0.05) is 49.4 Å². The Morgan fingerprint density at radius 3 is 2.43 bits per heavy atom. The van der Waals surface area contributed by atoms with Gasteiger partial charge in [-0.05, 0) is 55.5 Å². The number of aryl methyl sites for hydroxylation is 3. The summed E-state index contributed by atoms with van der Waals surface area (Å²) in [6.07, 6.45) is 0. The van der Waals surface area contributed by atoms with Crippen molar-refractivity contribution in [2.24, 2.45) is 5.92 Å². The number of amides is 2. The van der Waals surface area contributed by atoms with E-state index in [9.17, 15) is 9.59 Å². The average Bonchev–Trinajstić information content (AvgIpc) is 3.02. The number of carbonyl (C=O) groups excluding carboxylic acids is 2. The van der Waals surface area contributed by atoms with Crippen LogP contribution in [-0.4, -0.2) is 22.8 Å². The van der Waals surface area contributed by atoms with Crippen molar-refractivity contribution >= 4 is 38.5 Å². The van der Waals surface area contributed by atoms with Gasteiger partial charge < -0.3 is 10.6 Å². The minimum absolute atomic E-state index is 0.0636. The highest BCUT2D eigenvalue weighted by Crippen LogP contribution is 2.29. The first-order chi connectivity index (χ1) is 13.3. The first-order valence-corrected chi connectivity index (χ1v) is 10.1. The van der Waals surface area contributed by atoms with Crippen LogP contribution in [-0.2, 0) is 4.79 Å². The van der Waals surface area contributed by atoms with Gasteiger partial charge in [0.1, 0.15) is 6.04 Å². The van der Waals surface area contributed by atoms with Crippen LogP contribution in [0.5, 0.6) is 0 Å². The van der Waals surface area contributed by atoms with E-state index in [-0.39, 0.29) is 17.7 Å². The molecule has 1 unspecified atom stereocenters. The summed E-state index contributed by atoms with van der Waals surface area (Å²) in [7, 11) is 0. The number of carbonyl (C=O) groups is 2. The highest BCUT2D eigenvalue weighted by molar-refractivity contribution is 7.22. The van der Waals surface area contributed by atoms with E-state index < -0.39 is 6.04 Å². The van der Waals surface area contributed by atoms with E-state index in [0.717, 1.165) is 26.9 Å². The van der Waals surface area contributed by atoms with Gasteiger partial charge >= 0.3 is 0 Å². The fourth-order valence-electron chi connectivity index (χ4n) is 3.19. The lowest BCUT2D eigenvalue weighted by Crippen LogP contribution is -2.47. The summed E-state index contributed by atoms with van der Waals surface area (Å²) < 4.78 is 1.04. The van der Waals surface area contributed by atoms with Gasteiger partial charge in [-0.15, -0.1) is 0 Å². The smallest absolute Gasteiger partial charge is 0.252 e. The van der Waals surface area contributed by atoms with E-state index in [0.29, 0.717) is 10.7 Å². The van der Waals surface area contributed by atoms with Crippen molar-refractivity contribution in [1.29, 1.82) is 0 Å². The normalized spacial score (nSPS) is 12.2. The van der Waals surface area contributed by atoms with Gasteiger partial charge in [0, 0.05) is 5.56 Å². The maximum Gasteiger partial charge on any atom is 0.252 e. The van der Waals surface area contributed by atoms with Crippen molar-refractivity contribution in [2.45, 2.75) is 40.7 Å². The predicted molar refractivity (Wildman–Crippen MR) is 115 cm³/mol. The highest BCUT2D eigenvalue weighted by atomic mass is 32.1. The van der Waals surface area contributed by atoms with E-state index in [1.165, 1.54) is 11.3 Å². The molecule has 0 fully saturated rings. The Kier molecular flexibility index (Phi) is 5.79. The molecule has 1 aromatic heterocycles. The van der Waals surface area contributed by atoms with Crippen molar-refractivity contribution in [3.8, 4) is 0 Å². The number of thiazole rings is 1. The van der Waals surface area contributed by atoms with Crippen LogP contribution in [0.4, 0.5) is 5.13 Å². The van der Waals surface area contributed by atoms with Gasteiger partial charge in [0.15, 0.2) is 5.13 Å². The van der Waals surface area contributed by atoms with E-state index in [1.807, 2.05) is 52.8 Å². The van der Waals surface area contributed by atoms with Crippen molar-refractivity contribution in [1.82, 2.24) is 10.3 Å². The number of fused-ring (bicyclic) bond motifs is 1. The second-order valence-electron chi connectivity index (χ2n) is 7.45. The minimum atomic E-state index is -0.651. The topological polar surface area (TPSA) is 71.1 Å². The largest absolute Gasteiger partial charge is 0.340 e. The van der Waals surface area contributed by atoms with E-state index >= 15 is 0 Å². The average molecular weight is 396 g/mol. The SMILES string of the molecule is Cc1cc(C)c2nc(NC(=O)C(NC(=O)c3ccccc3C)C(C)C)sc2c1. The molecular weight excluding hydrogens is 370 g/mol. The summed E-state index contributed by atoms with van der Waals surface area (Å²) in [5, 5.41) is 6.30. The number of anilines is 1. The fourth-order valence-corrected chi connectivity index (χ4v) is 4.23. The van der Waals surface area contributed by atoms with Crippen molar-refractivity contribution in [3.05, 3.63) is 58.7 Å². The Bertz CT molecular complexity index is 1040. The Hall–Kier alpha value is -2.73. The molecule has 28 heavy (non-hydrogen) atoms. The quantitative estimate of drug-likeness (QED) is 0.662. The molecule has 1 heterocycles. The maximum atomic E-state index is 12.9. The second-order valence-corrected chi connectivity index (χ2v) is 8.48. The zero-order chi connectivity index (χ0) is 20.4. The van der Waals surface area contributed by atoms with E-state index in [1.54, 1.807) is 6.07 Å². The third kappa shape index (κ3) is 4.22. The molecule has 0 radical (unpaired) electrons. The molecule has 146 valence electrons. The number of rotatable bonds is 5. The van der Waals surface area contributed by atoms with Crippen LogP contribution in [0.1, 0.15) is 40.9 Å². The molecule has 0 aliphatic carbocycles. The lowest BCUT2D eigenvalue weighted by Gasteiger charge is -2.21. The van der Waals surface area contributed by atoms with Gasteiger partial charge in [-0.2, -0.15) is 0 Å². The summed E-state index contributed by atoms with van der Waals surface area (Å²) in [6, 6.07) is 10.8. The van der Waals surface area contributed by atoms with Crippen LogP contribution in [0, 0.1) is 26.7 Å². The number of aromatic nitrogens is 1. The second kappa shape index (κ2) is 8.10. The van der Waals surface area contributed by atoms with Crippen LogP contribution in [0.15, 0.2) is 36.4 Å². The van der Waals surface area contributed by atoms with E-state index in [4.69, 9.17) is 0 Å². The third-order valence-electron chi connectivity index (χ3n) is 4.69. The number of nitrogens with one attached hydrogen (secondary N) is 2. The molecule has 2 N–H and O–H groups in total. The van der Waals surface area contributed by atoms with Gasteiger partial charge in [0.05, 0.1) is 10.2 Å². The lowest BCUT2D eigenvalue weighted by atomic mass is 10.0. The summed E-state index contributed by atoms with van der Waals surface area (Å²) in [5.41, 5.74) is 4.60. The van der Waals surface area contributed by atoms with Crippen molar-refractivity contribution in [3.63, 3.8) is 0 Å². The van der Waals surface area contributed by atoms with Crippen LogP contribution >= 0.6 is 11.3 Å². The molecule has 3 rings (SSSR count). The minimum Gasteiger partial charge on any atom is -0.340 e. The number of nitrogens with zero attached hydrogens (tertiary/aromatic N) is 1. The molecule has 2 amide bonds. The summed E-state index contributed by atoms with van der Waals surface area (Å²) in [6.45, 7) is 9.76. The molecule has 0 saturated carbocycles. The molecule has 0 bridgehead atoms. The number of benzene rings is 2. The van der Waals surface area contributed by atoms with Gasteiger partial charge in [0.2, 0.25) is 5.91 Å². The Labute approximate surface area is 169 Å². The molecule has 5 nitrogen and oxygen atoms in total. The third-order valence-corrected chi connectivity index (χ3v) is 5.60. The highest BCUT2D eigenvalue weighted by Gasteiger charge is 2.26. The number of hydrogen-bond acceptors (Lipinski definition) is 4. The molecule has 3 aromatic rings. The first kappa shape index (κ1) is 20.0. The molecule has 0 spiro atoms. The van der Waals surface area contributed by atoms with Crippen LogP contribution in [0.3, 0.4) is 0 Å². The predicted octanol–water partition coefficient (Wildman–Crippen LogP) is 4.61. The molecule has 0 saturated heterocycles. The van der Waals surface area contributed by atoms with Crippen molar-refractivity contribution in [2.75, 3.05) is 5.32 Å².